The summed E-state index contributed by atoms with van der Waals surface area (Å²) in [5.74, 6) is 0.760. The molecule has 4 aromatic rings. The van der Waals surface area contributed by atoms with Gasteiger partial charge in [0.15, 0.2) is 5.65 Å². The minimum absolute atomic E-state index is 0.117. The predicted molar refractivity (Wildman–Crippen MR) is 105 cm³/mol. The van der Waals surface area contributed by atoms with E-state index in [0.717, 1.165) is 28.1 Å². The fourth-order valence-corrected chi connectivity index (χ4v) is 3.07. The van der Waals surface area contributed by atoms with Crippen LogP contribution in [0.3, 0.4) is 0 Å². The highest BCUT2D eigenvalue weighted by Gasteiger charge is 2.14. The number of halogens is 1. The van der Waals surface area contributed by atoms with Gasteiger partial charge in [-0.2, -0.15) is 5.10 Å². The molecule has 1 atom stereocenters. The van der Waals surface area contributed by atoms with Crippen LogP contribution in [0.25, 0.3) is 16.7 Å². The van der Waals surface area contributed by atoms with E-state index >= 15 is 0 Å². The number of rotatable bonds is 4. The second-order valence-corrected chi connectivity index (χ2v) is 6.63. The molecule has 0 amide bonds. The SMILES string of the molecule is Cc1ccc(-n2ncc3c(N[C@@H](C)c4ccccc4)ncnc32)cc1Cl. The molecule has 5 nitrogen and oxygen atoms in total. The van der Waals surface area contributed by atoms with Crippen LogP contribution in [0, 0.1) is 6.92 Å². The van der Waals surface area contributed by atoms with Gasteiger partial charge in [0.2, 0.25) is 0 Å². The zero-order valence-corrected chi connectivity index (χ0v) is 15.3. The van der Waals surface area contributed by atoms with Crippen molar-refractivity contribution in [3.8, 4) is 5.69 Å². The summed E-state index contributed by atoms with van der Waals surface area (Å²) in [6.07, 6.45) is 3.33. The van der Waals surface area contributed by atoms with Crippen molar-refractivity contribution in [3.05, 3.63) is 77.2 Å². The minimum Gasteiger partial charge on any atom is -0.363 e. The third-order valence-corrected chi connectivity index (χ3v) is 4.83. The van der Waals surface area contributed by atoms with Crippen molar-refractivity contribution in [2.24, 2.45) is 0 Å². The zero-order valence-electron chi connectivity index (χ0n) is 14.5. The van der Waals surface area contributed by atoms with Gasteiger partial charge in [-0.05, 0) is 37.1 Å². The molecule has 0 saturated heterocycles. The number of anilines is 1. The molecule has 0 saturated carbocycles. The van der Waals surface area contributed by atoms with Crippen LogP contribution in [0.4, 0.5) is 5.82 Å². The lowest BCUT2D eigenvalue weighted by molar-refractivity contribution is 0.873. The summed E-state index contributed by atoms with van der Waals surface area (Å²) in [7, 11) is 0. The third kappa shape index (κ3) is 3.02. The molecule has 0 unspecified atom stereocenters. The number of hydrogen-bond acceptors (Lipinski definition) is 4. The van der Waals surface area contributed by atoms with Crippen molar-refractivity contribution < 1.29 is 0 Å². The summed E-state index contributed by atoms with van der Waals surface area (Å²) in [4.78, 5) is 8.83. The lowest BCUT2D eigenvalue weighted by Crippen LogP contribution is -2.08. The van der Waals surface area contributed by atoms with Gasteiger partial charge in [0.1, 0.15) is 12.1 Å². The zero-order chi connectivity index (χ0) is 18.1. The average molecular weight is 364 g/mol. The number of aromatic nitrogens is 4. The van der Waals surface area contributed by atoms with E-state index < -0.39 is 0 Å². The van der Waals surface area contributed by atoms with Crippen LogP contribution in [0.1, 0.15) is 24.1 Å². The summed E-state index contributed by atoms with van der Waals surface area (Å²) in [5.41, 5.74) is 3.83. The van der Waals surface area contributed by atoms with E-state index in [4.69, 9.17) is 11.6 Å². The summed E-state index contributed by atoms with van der Waals surface area (Å²) in [5, 5.41) is 9.52. The van der Waals surface area contributed by atoms with Gasteiger partial charge >= 0.3 is 0 Å². The van der Waals surface area contributed by atoms with Crippen LogP contribution in [0.5, 0.6) is 0 Å². The van der Waals surface area contributed by atoms with Gasteiger partial charge in [0.25, 0.3) is 0 Å². The highest BCUT2D eigenvalue weighted by atomic mass is 35.5. The van der Waals surface area contributed by atoms with E-state index in [1.54, 1.807) is 17.2 Å². The van der Waals surface area contributed by atoms with Gasteiger partial charge in [-0.25, -0.2) is 14.6 Å². The molecule has 2 heterocycles. The molecule has 1 N–H and O–H groups in total. The number of nitrogens with one attached hydrogen (secondary N) is 1. The molecule has 0 fully saturated rings. The Hall–Kier alpha value is -2.92. The molecule has 0 radical (unpaired) electrons. The van der Waals surface area contributed by atoms with E-state index in [1.165, 1.54) is 5.56 Å². The molecule has 2 aromatic heterocycles. The minimum atomic E-state index is 0.117. The first kappa shape index (κ1) is 16.5. The van der Waals surface area contributed by atoms with Crippen LogP contribution in [-0.2, 0) is 0 Å². The molecular weight excluding hydrogens is 346 g/mol. The molecule has 26 heavy (non-hydrogen) atoms. The summed E-state index contributed by atoms with van der Waals surface area (Å²) in [6, 6.07) is 16.2. The smallest absolute Gasteiger partial charge is 0.168 e. The second kappa shape index (κ2) is 6.77. The quantitative estimate of drug-likeness (QED) is 0.557. The molecule has 130 valence electrons. The first-order valence-corrected chi connectivity index (χ1v) is 8.78. The number of benzene rings is 2. The average Bonchev–Trinajstić information content (AvgIpc) is 3.10. The Morgan fingerprint density at radius 1 is 1.08 bits per heavy atom. The number of nitrogens with zero attached hydrogens (tertiary/aromatic N) is 4. The lowest BCUT2D eigenvalue weighted by Gasteiger charge is -2.15. The van der Waals surface area contributed by atoms with Crippen LogP contribution in [0.15, 0.2) is 61.1 Å². The van der Waals surface area contributed by atoms with Crippen LogP contribution < -0.4 is 5.32 Å². The van der Waals surface area contributed by atoms with Crippen molar-refractivity contribution in [1.82, 2.24) is 19.7 Å². The normalized spacial score (nSPS) is 12.3. The first-order chi connectivity index (χ1) is 12.6. The van der Waals surface area contributed by atoms with Gasteiger partial charge in [-0.3, -0.25) is 0 Å². The Morgan fingerprint density at radius 2 is 1.88 bits per heavy atom. The van der Waals surface area contributed by atoms with E-state index in [-0.39, 0.29) is 6.04 Å². The van der Waals surface area contributed by atoms with Crippen molar-refractivity contribution in [2.75, 3.05) is 5.32 Å². The largest absolute Gasteiger partial charge is 0.363 e. The Balaban J connectivity index is 1.72. The van der Waals surface area contributed by atoms with Crippen LogP contribution in [0.2, 0.25) is 5.02 Å². The van der Waals surface area contributed by atoms with E-state index in [1.807, 2.05) is 43.3 Å². The Morgan fingerprint density at radius 3 is 2.65 bits per heavy atom. The fourth-order valence-electron chi connectivity index (χ4n) is 2.89. The van der Waals surface area contributed by atoms with Crippen molar-refractivity contribution in [3.63, 3.8) is 0 Å². The maximum atomic E-state index is 6.26. The Kier molecular flexibility index (Phi) is 4.31. The maximum absolute atomic E-state index is 6.26. The molecule has 4 rings (SSSR count). The lowest BCUT2D eigenvalue weighted by atomic mass is 10.1. The van der Waals surface area contributed by atoms with Gasteiger partial charge in [0, 0.05) is 11.1 Å². The molecule has 0 bridgehead atoms. The van der Waals surface area contributed by atoms with Gasteiger partial charge in [0.05, 0.1) is 17.3 Å². The first-order valence-electron chi connectivity index (χ1n) is 8.40. The molecule has 6 heteroatoms. The summed E-state index contributed by atoms with van der Waals surface area (Å²) < 4.78 is 1.78. The van der Waals surface area contributed by atoms with E-state index in [9.17, 15) is 0 Å². The third-order valence-electron chi connectivity index (χ3n) is 4.42. The van der Waals surface area contributed by atoms with Crippen LogP contribution >= 0.6 is 11.6 Å². The number of hydrogen-bond donors (Lipinski definition) is 1. The standard InChI is InChI=1S/C20H18ClN5/c1-13-8-9-16(10-18(13)21)26-20-17(11-24-26)19(22-12-23-20)25-14(2)15-6-4-3-5-7-15/h3-12,14H,1-2H3,(H,22,23,25)/t14-/m0/s1. The molecule has 0 spiro atoms. The van der Waals surface area contributed by atoms with Crippen molar-refractivity contribution in [2.45, 2.75) is 19.9 Å². The fraction of sp³-hybridized carbons (Fsp3) is 0.150. The van der Waals surface area contributed by atoms with Gasteiger partial charge < -0.3 is 5.32 Å². The highest BCUT2D eigenvalue weighted by Crippen LogP contribution is 2.26. The molecule has 0 aliphatic carbocycles. The van der Waals surface area contributed by atoms with Crippen molar-refractivity contribution >= 4 is 28.5 Å². The Bertz CT molecular complexity index is 1060. The number of aryl methyl sites for hydroxylation is 1. The Labute approximate surface area is 156 Å². The highest BCUT2D eigenvalue weighted by molar-refractivity contribution is 6.31. The van der Waals surface area contributed by atoms with E-state index in [2.05, 4.69) is 39.4 Å². The number of fused-ring (bicyclic) bond motifs is 1. The van der Waals surface area contributed by atoms with E-state index in [0.29, 0.717) is 5.02 Å². The monoisotopic (exact) mass is 363 g/mol. The van der Waals surface area contributed by atoms with Crippen molar-refractivity contribution in [1.29, 1.82) is 0 Å². The van der Waals surface area contributed by atoms with Crippen LogP contribution in [-0.4, -0.2) is 19.7 Å². The predicted octanol–water partition coefficient (Wildman–Crippen LogP) is 4.95. The summed E-state index contributed by atoms with van der Waals surface area (Å²) in [6.45, 7) is 4.08. The molecular formula is C20H18ClN5. The van der Waals surface area contributed by atoms with Gasteiger partial charge in [-0.15, -0.1) is 0 Å². The topological polar surface area (TPSA) is 55.6 Å². The summed E-state index contributed by atoms with van der Waals surface area (Å²) >= 11 is 6.26. The van der Waals surface area contributed by atoms with Gasteiger partial charge in [-0.1, -0.05) is 48.0 Å². The molecule has 0 aliphatic rings. The molecule has 2 aromatic carbocycles. The second-order valence-electron chi connectivity index (χ2n) is 6.23. The molecule has 0 aliphatic heterocycles. The maximum Gasteiger partial charge on any atom is 0.168 e.